The Hall–Kier alpha value is -0.350. The number of thiophene rings is 1. The van der Waals surface area contributed by atoms with Crippen LogP contribution >= 0.6 is 38.9 Å². The molecule has 1 aromatic heterocycles. The summed E-state index contributed by atoms with van der Waals surface area (Å²) in [6, 6.07) is 10.7. The van der Waals surface area contributed by atoms with Crippen molar-refractivity contribution in [1.29, 1.82) is 0 Å². The molecule has 0 saturated heterocycles. The van der Waals surface area contributed by atoms with Crippen molar-refractivity contribution < 1.29 is 0 Å². The van der Waals surface area contributed by atoms with Gasteiger partial charge < -0.3 is 5.32 Å². The van der Waals surface area contributed by atoms with Gasteiger partial charge in [0, 0.05) is 25.3 Å². The van der Waals surface area contributed by atoms with Crippen molar-refractivity contribution in [3.8, 4) is 0 Å². The van der Waals surface area contributed by atoms with Gasteiger partial charge in [0.25, 0.3) is 0 Å². The molecule has 0 saturated carbocycles. The molecule has 0 spiro atoms. The molecule has 0 bridgehead atoms. The minimum Gasteiger partial charge on any atom is -0.309 e. The van der Waals surface area contributed by atoms with Gasteiger partial charge in [-0.05, 0) is 66.0 Å². The molecule has 0 fully saturated rings. The zero-order valence-corrected chi connectivity index (χ0v) is 14.9. The van der Waals surface area contributed by atoms with Crippen molar-refractivity contribution in [2.75, 3.05) is 6.54 Å². The Kier molecular flexibility index (Phi) is 6.09. The molecule has 1 N–H and O–H groups in total. The van der Waals surface area contributed by atoms with Crippen molar-refractivity contribution in [3.63, 3.8) is 0 Å². The molecule has 1 heterocycles. The van der Waals surface area contributed by atoms with E-state index in [9.17, 15) is 0 Å². The van der Waals surface area contributed by atoms with E-state index in [2.05, 4.69) is 53.3 Å². The normalized spacial score (nSPS) is 12.6. The summed E-state index contributed by atoms with van der Waals surface area (Å²) in [5.41, 5.74) is 1.31. The van der Waals surface area contributed by atoms with E-state index >= 15 is 0 Å². The monoisotopic (exact) mass is 371 g/mol. The quantitative estimate of drug-likeness (QED) is 0.680. The van der Waals surface area contributed by atoms with Gasteiger partial charge in [-0.25, -0.2) is 0 Å². The van der Waals surface area contributed by atoms with E-state index in [-0.39, 0.29) is 0 Å². The van der Waals surface area contributed by atoms with Crippen molar-refractivity contribution in [2.24, 2.45) is 0 Å². The van der Waals surface area contributed by atoms with E-state index in [0.717, 1.165) is 24.4 Å². The lowest BCUT2D eigenvalue weighted by Gasteiger charge is -2.18. The number of rotatable bonds is 6. The maximum Gasteiger partial charge on any atom is 0.0467 e. The maximum absolute atomic E-state index is 5.96. The molecular formula is C16H19BrClNS. The Balaban J connectivity index is 2.19. The molecule has 1 atom stereocenters. The first-order valence-electron chi connectivity index (χ1n) is 6.83. The summed E-state index contributed by atoms with van der Waals surface area (Å²) in [5, 5.41) is 4.44. The molecule has 2 rings (SSSR count). The zero-order chi connectivity index (χ0) is 14.5. The molecule has 108 valence electrons. The first-order chi connectivity index (χ1) is 9.60. The van der Waals surface area contributed by atoms with Crippen LogP contribution in [-0.2, 0) is 6.42 Å². The number of hydrogen-bond donors (Lipinski definition) is 1. The molecule has 0 aliphatic carbocycles. The first-order valence-corrected chi connectivity index (χ1v) is 8.82. The van der Waals surface area contributed by atoms with Gasteiger partial charge in [-0.15, -0.1) is 11.3 Å². The Morgan fingerprint density at radius 2 is 2.00 bits per heavy atom. The summed E-state index contributed by atoms with van der Waals surface area (Å²) >= 11 is 11.5. The van der Waals surface area contributed by atoms with E-state index in [1.165, 1.54) is 19.8 Å². The number of aryl methyl sites for hydroxylation is 1. The summed E-state index contributed by atoms with van der Waals surface area (Å²) in [5.74, 6) is 0. The molecule has 0 aliphatic rings. The second kappa shape index (κ2) is 7.60. The third-order valence-corrected chi connectivity index (χ3v) is 5.48. The zero-order valence-electron chi connectivity index (χ0n) is 11.7. The molecule has 1 nitrogen and oxygen atoms in total. The van der Waals surface area contributed by atoms with Crippen LogP contribution in [-0.4, -0.2) is 6.54 Å². The molecule has 4 heteroatoms. The van der Waals surface area contributed by atoms with Gasteiger partial charge in [-0.1, -0.05) is 30.7 Å². The number of hydrogen-bond acceptors (Lipinski definition) is 2. The molecular weight excluding hydrogens is 354 g/mol. The molecule has 20 heavy (non-hydrogen) atoms. The number of nitrogens with one attached hydrogen (secondary N) is 1. The van der Waals surface area contributed by atoms with E-state index in [1.54, 1.807) is 0 Å². The van der Waals surface area contributed by atoms with Crippen LogP contribution in [0.15, 0.2) is 34.8 Å². The van der Waals surface area contributed by atoms with Crippen LogP contribution in [0.2, 0.25) is 5.02 Å². The standard InChI is InChI=1S/C16H19BrClNS/c1-3-8-19-15(16-14(17)9-11(2)20-16)10-12-4-6-13(18)7-5-12/h4-7,9,15,19H,3,8,10H2,1-2H3. The van der Waals surface area contributed by atoms with Crippen molar-refractivity contribution in [1.82, 2.24) is 5.32 Å². The fourth-order valence-corrected chi connectivity index (χ4v) is 4.30. The van der Waals surface area contributed by atoms with Crippen molar-refractivity contribution in [2.45, 2.75) is 32.7 Å². The van der Waals surface area contributed by atoms with Crippen LogP contribution in [0.1, 0.15) is 34.7 Å². The van der Waals surface area contributed by atoms with Crippen molar-refractivity contribution in [3.05, 3.63) is 55.1 Å². The summed E-state index contributed by atoms with van der Waals surface area (Å²) in [6.45, 7) is 5.38. The third-order valence-electron chi connectivity index (χ3n) is 3.15. The second-order valence-corrected chi connectivity index (χ2v) is 7.49. The largest absolute Gasteiger partial charge is 0.309 e. The summed E-state index contributed by atoms with van der Waals surface area (Å²) in [6.07, 6.45) is 2.12. The van der Waals surface area contributed by atoms with Gasteiger partial charge in [0.05, 0.1) is 0 Å². The smallest absolute Gasteiger partial charge is 0.0467 e. The van der Waals surface area contributed by atoms with Gasteiger partial charge in [-0.3, -0.25) is 0 Å². The highest BCUT2D eigenvalue weighted by Crippen LogP contribution is 2.34. The predicted octanol–water partition coefficient (Wildman–Crippen LogP) is 5.76. The predicted molar refractivity (Wildman–Crippen MR) is 92.9 cm³/mol. The van der Waals surface area contributed by atoms with E-state index in [0.29, 0.717) is 6.04 Å². The fraction of sp³-hybridized carbons (Fsp3) is 0.375. The van der Waals surface area contributed by atoms with Crippen LogP contribution in [0, 0.1) is 6.92 Å². The van der Waals surface area contributed by atoms with Crippen LogP contribution in [0.4, 0.5) is 0 Å². The Bertz CT molecular complexity index is 550. The highest BCUT2D eigenvalue weighted by atomic mass is 79.9. The number of halogens is 2. The lowest BCUT2D eigenvalue weighted by atomic mass is 10.0. The minimum absolute atomic E-state index is 0.351. The van der Waals surface area contributed by atoms with Gasteiger partial charge in [-0.2, -0.15) is 0 Å². The fourth-order valence-electron chi connectivity index (χ4n) is 2.17. The SMILES string of the molecule is CCCNC(Cc1ccc(Cl)cc1)c1sc(C)cc1Br. The Morgan fingerprint density at radius 1 is 1.30 bits per heavy atom. The van der Waals surface area contributed by atoms with E-state index < -0.39 is 0 Å². The van der Waals surface area contributed by atoms with Crippen LogP contribution in [0.3, 0.4) is 0 Å². The summed E-state index contributed by atoms with van der Waals surface area (Å²) in [7, 11) is 0. The topological polar surface area (TPSA) is 12.0 Å². The van der Waals surface area contributed by atoms with Gasteiger partial charge in [0.2, 0.25) is 0 Å². The van der Waals surface area contributed by atoms with Crippen LogP contribution < -0.4 is 5.32 Å². The maximum atomic E-state index is 5.96. The molecule has 1 unspecified atom stereocenters. The van der Waals surface area contributed by atoms with Crippen LogP contribution in [0.25, 0.3) is 0 Å². The Labute approximate surface area is 138 Å². The highest BCUT2D eigenvalue weighted by Gasteiger charge is 2.17. The summed E-state index contributed by atoms with van der Waals surface area (Å²) in [4.78, 5) is 2.72. The first kappa shape index (κ1) is 16.0. The lowest BCUT2D eigenvalue weighted by molar-refractivity contribution is 0.535. The van der Waals surface area contributed by atoms with E-state index in [1.807, 2.05) is 23.5 Å². The number of benzene rings is 1. The van der Waals surface area contributed by atoms with Gasteiger partial charge in [0.15, 0.2) is 0 Å². The second-order valence-electron chi connectivity index (χ2n) is 4.91. The molecule has 1 aromatic carbocycles. The highest BCUT2D eigenvalue weighted by molar-refractivity contribution is 9.10. The van der Waals surface area contributed by atoms with Gasteiger partial charge in [0.1, 0.15) is 0 Å². The molecule has 2 aromatic rings. The third kappa shape index (κ3) is 4.32. The summed E-state index contributed by atoms with van der Waals surface area (Å²) < 4.78 is 1.21. The lowest BCUT2D eigenvalue weighted by Crippen LogP contribution is -2.23. The molecule has 0 radical (unpaired) electrons. The molecule has 0 aliphatic heterocycles. The Morgan fingerprint density at radius 3 is 2.55 bits per heavy atom. The average Bonchev–Trinajstić information content (AvgIpc) is 2.76. The minimum atomic E-state index is 0.351. The van der Waals surface area contributed by atoms with Crippen LogP contribution in [0.5, 0.6) is 0 Å². The average molecular weight is 373 g/mol. The van der Waals surface area contributed by atoms with Crippen molar-refractivity contribution >= 4 is 38.9 Å². The molecule has 0 amide bonds. The van der Waals surface area contributed by atoms with Gasteiger partial charge >= 0.3 is 0 Å². The van der Waals surface area contributed by atoms with E-state index in [4.69, 9.17) is 11.6 Å².